The number of rotatable bonds is 2. The van der Waals surface area contributed by atoms with Gasteiger partial charge in [-0.3, -0.25) is 4.79 Å². The summed E-state index contributed by atoms with van der Waals surface area (Å²) in [6.07, 6.45) is 0. The van der Waals surface area contributed by atoms with Crippen LogP contribution >= 0.6 is 0 Å². The highest BCUT2D eigenvalue weighted by atomic mass is 16.5. The molecular formula is C16H17N3O3. The molecule has 0 aliphatic carbocycles. The van der Waals surface area contributed by atoms with Crippen LogP contribution in [-0.2, 0) is 5.41 Å². The Morgan fingerprint density at radius 3 is 2.64 bits per heavy atom. The van der Waals surface area contributed by atoms with Gasteiger partial charge >= 0.3 is 0 Å². The van der Waals surface area contributed by atoms with Crippen LogP contribution in [0.2, 0.25) is 0 Å². The zero-order valence-corrected chi connectivity index (χ0v) is 12.9. The van der Waals surface area contributed by atoms with Gasteiger partial charge in [0.25, 0.3) is 5.56 Å². The molecule has 0 amide bonds. The van der Waals surface area contributed by atoms with Crippen molar-refractivity contribution in [2.75, 3.05) is 7.11 Å². The smallest absolute Gasteiger partial charge is 0.259 e. The molecule has 0 atom stereocenters. The molecule has 0 unspecified atom stereocenters. The quantitative estimate of drug-likeness (QED) is 0.787. The van der Waals surface area contributed by atoms with E-state index in [4.69, 9.17) is 9.26 Å². The number of nitrogens with zero attached hydrogens (tertiary/aromatic N) is 2. The Kier molecular flexibility index (Phi) is 3.24. The first kappa shape index (κ1) is 14.3. The van der Waals surface area contributed by atoms with E-state index in [1.807, 2.05) is 26.8 Å². The summed E-state index contributed by atoms with van der Waals surface area (Å²) in [7, 11) is 1.60. The van der Waals surface area contributed by atoms with Gasteiger partial charge in [0.2, 0.25) is 11.7 Å². The number of nitrogens with one attached hydrogen (secondary N) is 1. The topological polar surface area (TPSA) is 81.0 Å². The van der Waals surface area contributed by atoms with E-state index in [0.717, 1.165) is 10.9 Å². The molecule has 2 heterocycles. The molecule has 3 aromatic rings. The summed E-state index contributed by atoms with van der Waals surface area (Å²) < 4.78 is 10.5. The lowest BCUT2D eigenvalue weighted by atomic mass is 9.97. The number of fused-ring (bicyclic) bond motifs is 1. The molecule has 6 heteroatoms. The number of benzene rings is 1. The first-order valence-electron chi connectivity index (χ1n) is 6.94. The summed E-state index contributed by atoms with van der Waals surface area (Å²) in [5.41, 5.74) is 0.589. The summed E-state index contributed by atoms with van der Waals surface area (Å²) in [5, 5.41) is 4.77. The Morgan fingerprint density at radius 2 is 2.00 bits per heavy atom. The number of ether oxygens (including phenoxy) is 1. The Balaban J connectivity index is 2.16. The van der Waals surface area contributed by atoms with E-state index in [1.165, 1.54) is 0 Å². The van der Waals surface area contributed by atoms with Crippen LogP contribution < -0.4 is 10.3 Å². The molecule has 0 bridgehead atoms. The standard InChI is InChI=1S/C16H17N3O3/c1-16(2,3)15-18-13(19-22-15)11-8-9-7-10(21-4)5-6-12(9)17-14(11)20/h5-8H,1-4H3,(H,17,20). The third-order valence-electron chi connectivity index (χ3n) is 3.36. The zero-order chi connectivity index (χ0) is 15.9. The number of aromatic nitrogens is 3. The lowest BCUT2D eigenvalue weighted by molar-refractivity contribution is 0.321. The van der Waals surface area contributed by atoms with E-state index < -0.39 is 0 Å². The van der Waals surface area contributed by atoms with E-state index >= 15 is 0 Å². The van der Waals surface area contributed by atoms with Gasteiger partial charge in [-0.25, -0.2) is 0 Å². The van der Waals surface area contributed by atoms with Gasteiger partial charge in [-0.1, -0.05) is 25.9 Å². The minimum Gasteiger partial charge on any atom is -0.497 e. The largest absolute Gasteiger partial charge is 0.497 e. The molecule has 22 heavy (non-hydrogen) atoms. The molecule has 1 aromatic carbocycles. The summed E-state index contributed by atoms with van der Waals surface area (Å²) in [5.74, 6) is 1.50. The van der Waals surface area contributed by atoms with Gasteiger partial charge < -0.3 is 14.2 Å². The molecule has 0 aliphatic heterocycles. The maximum atomic E-state index is 12.2. The molecule has 3 rings (SSSR count). The van der Waals surface area contributed by atoms with E-state index in [1.54, 1.807) is 25.3 Å². The highest BCUT2D eigenvalue weighted by molar-refractivity contribution is 5.83. The number of H-pyrrole nitrogens is 1. The van der Waals surface area contributed by atoms with E-state index in [2.05, 4.69) is 15.1 Å². The minimum absolute atomic E-state index is 0.251. The summed E-state index contributed by atoms with van der Waals surface area (Å²) in [6, 6.07) is 7.19. The zero-order valence-electron chi connectivity index (χ0n) is 12.9. The Labute approximate surface area is 127 Å². The van der Waals surface area contributed by atoms with E-state index in [9.17, 15) is 4.79 Å². The van der Waals surface area contributed by atoms with Crippen molar-refractivity contribution in [2.24, 2.45) is 0 Å². The van der Waals surface area contributed by atoms with Crippen molar-refractivity contribution in [3.05, 3.63) is 40.5 Å². The van der Waals surface area contributed by atoms with Gasteiger partial charge in [0.1, 0.15) is 5.75 Å². The van der Waals surface area contributed by atoms with Gasteiger partial charge in [-0.05, 0) is 24.3 Å². The molecular weight excluding hydrogens is 282 g/mol. The summed E-state index contributed by atoms with van der Waals surface area (Å²) in [6.45, 7) is 5.92. The average molecular weight is 299 g/mol. The van der Waals surface area contributed by atoms with Crippen molar-refractivity contribution >= 4 is 10.9 Å². The molecule has 114 valence electrons. The van der Waals surface area contributed by atoms with Crippen LogP contribution in [-0.4, -0.2) is 22.2 Å². The van der Waals surface area contributed by atoms with Gasteiger partial charge in [0.15, 0.2) is 0 Å². The van der Waals surface area contributed by atoms with Gasteiger partial charge in [0.05, 0.1) is 12.7 Å². The SMILES string of the molecule is COc1ccc2[nH]c(=O)c(-c3noc(C(C)(C)C)n3)cc2c1. The highest BCUT2D eigenvalue weighted by Crippen LogP contribution is 2.25. The maximum Gasteiger partial charge on any atom is 0.259 e. The fourth-order valence-corrected chi connectivity index (χ4v) is 2.12. The summed E-state index contributed by atoms with van der Waals surface area (Å²) >= 11 is 0. The first-order valence-corrected chi connectivity index (χ1v) is 6.94. The maximum absolute atomic E-state index is 12.2. The number of aromatic amines is 1. The third kappa shape index (κ3) is 2.47. The van der Waals surface area contributed by atoms with Crippen LogP contribution in [0, 0.1) is 0 Å². The fourth-order valence-electron chi connectivity index (χ4n) is 2.12. The van der Waals surface area contributed by atoms with Gasteiger partial charge in [-0.15, -0.1) is 0 Å². The van der Waals surface area contributed by atoms with Crippen molar-refractivity contribution < 1.29 is 9.26 Å². The van der Waals surface area contributed by atoms with E-state index in [-0.39, 0.29) is 16.8 Å². The second kappa shape index (κ2) is 4.98. The minimum atomic E-state index is -0.266. The van der Waals surface area contributed by atoms with Crippen molar-refractivity contribution in [2.45, 2.75) is 26.2 Å². The molecule has 0 saturated heterocycles. The van der Waals surface area contributed by atoms with Gasteiger partial charge in [0, 0.05) is 16.3 Å². The average Bonchev–Trinajstić information content (AvgIpc) is 2.95. The van der Waals surface area contributed by atoms with Gasteiger partial charge in [-0.2, -0.15) is 4.98 Å². The highest BCUT2D eigenvalue weighted by Gasteiger charge is 2.23. The van der Waals surface area contributed by atoms with Crippen molar-refractivity contribution in [1.82, 2.24) is 15.1 Å². The Morgan fingerprint density at radius 1 is 1.23 bits per heavy atom. The van der Waals surface area contributed by atoms with E-state index in [0.29, 0.717) is 17.2 Å². The van der Waals surface area contributed by atoms with Crippen LogP contribution in [0.4, 0.5) is 0 Å². The second-order valence-electron chi connectivity index (χ2n) is 6.14. The van der Waals surface area contributed by atoms with Crippen LogP contribution in [0.25, 0.3) is 22.3 Å². The second-order valence-corrected chi connectivity index (χ2v) is 6.14. The molecule has 6 nitrogen and oxygen atoms in total. The normalized spacial score (nSPS) is 11.8. The van der Waals surface area contributed by atoms with Crippen molar-refractivity contribution in [3.63, 3.8) is 0 Å². The van der Waals surface area contributed by atoms with Crippen LogP contribution in [0.1, 0.15) is 26.7 Å². The monoisotopic (exact) mass is 299 g/mol. The molecule has 0 saturated carbocycles. The van der Waals surface area contributed by atoms with Crippen molar-refractivity contribution in [1.29, 1.82) is 0 Å². The lowest BCUT2D eigenvalue weighted by Crippen LogP contribution is -2.12. The fraction of sp³-hybridized carbons (Fsp3) is 0.312. The first-order chi connectivity index (χ1) is 10.4. The lowest BCUT2D eigenvalue weighted by Gasteiger charge is -2.10. The molecule has 1 N–H and O–H groups in total. The Hall–Kier alpha value is -2.63. The van der Waals surface area contributed by atoms with Crippen LogP contribution in [0.5, 0.6) is 5.75 Å². The Bertz CT molecular complexity index is 888. The van der Waals surface area contributed by atoms with Crippen LogP contribution in [0.15, 0.2) is 33.6 Å². The predicted octanol–water partition coefficient (Wildman–Crippen LogP) is 2.88. The van der Waals surface area contributed by atoms with Crippen LogP contribution in [0.3, 0.4) is 0 Å². The number of methoxy groups -OCH3 is 1. The molecule has 0 aliphatic rings. The number of hydrogen-bond donors (Lipinski definition) is 1. The number of hydrogen-bond acceptors (Lipinski definition) is 5. The molecule has 0 fully saturated rings. The predicted molar refractivity (Wildman–Crippen MR) is 83.1 cm³/mol. The molecule has 2 aromatic heterocycles. The molecule has 0 spiro atoms. The number of pyridine rings is 1. The van der Waals surface area contributed by atoms with Crippen molar-refractivity contribution in [3.8, 4) is 17.1 Å². The molecule has 0 radical (unpaired) electrons. The summed E-state index contributed by atoms with van der Waals surface area (Å²) in [4.78, 5) is 19.4. The third-order valence-corrected chi connectivity index (χ3v) is 3.36.